The van der Waals surface area contributed by atoms with Crippen LogP contribution < -0.4 is 5.32 Å². The number of aromatic amines is 1. The summed E-state index contributed by atoms with van der Waals surface area (Å²) in [4.78, 5) is 13.1. The molecule has 0 aliphatic heterocycles. The Morgan fingerprint density at radius 2 is 1.75 bits per heavy atom. The Bertz CT molecular complexity index is 1070. The third-order valence-electron chi connectivity index (χ3n) is 4.91. The van der Waals surface area contributed by atoms with Crippen LogP contribution >= 0.6 is 0 Å². The molecule has 0 fully saturated rings. The van der Waals surface area contributed by atoms with Crippen LogP contribution in [0.2, 0.25) is 0 Å². The quantitative estimate of drug-likeness (QED) is 0.539. The summed E-state index contributed by atoms with van der Waals surface area (Å²) in [6.07, 6.45) is 1.48. The van der Waals surface area contributed by atoms with Crippen molar-refractivity contribution < 1.29 is 4.79 Å². The number of hydrogen-bond acceptors (Lipinski definition) is 4. The van der Waals surface area contributed by atoms with Crippen molar-refractivity contribution in [3.8, 4) is 0 Å². The molecule has 4 rings (SSSR count). The number of aryl methyl sites for hydroxylation is 1. The number of fused-ring (bicyclic) bond motifs is 1. The van der Waals surface area contributed by atoms with E-state index in [9.17, 15) is 4.79 Å². The van der Waals surface area contributed by atoms with Crippen molar-refractivity contribution in [3.63, 3.8) is 0 Å². The SMILES string of the molecule is CCc1ccc(C[C@@H](C(=O)Nc2cccc3ccccc23)c2nn[nH]n2)cc1. The van der Waals surface area contributed by atoms with Gasteiger partial charge in [-0.05, 0) is 35.4 Å². The minimum absolute atomic E-state index is 0.155. The van der Waals surface area contributed by atoms with Crippen LogP contribution in [-0.4, -0.2) is 26.5 Å². The molecule has 140 valence electrons. The number of carbonyl (C=O) groups excluding carboxylic acids is 1. The molecule has 1 amide bonds. The van der Waals surface area contributed by atoms with Crippen molar-refractivity contribution in [3.05, 3.63) is 83.7 Å². The molecule has 0 aliphatic carbocycles. The van der Waals surface area contributed by atoms with Crippen molar-refractivity contribution in [2.45, 2.75) is 25.7 Å². The number of hydrogen-bond donors (Lipinski definition) is 2. The minimum Gasteiger partial charge on any atom is -0.325 e. The summed E-state index contributed by atoms with van der Waals surface area (Å²) in [6, 6.07) is 22.1. The molecule has 6 nitrogen and oxygen atoms in total. The van der Waals surface area contributed by atoms with Gasteiger partial charge < -0.3 is 5.32 Å². The highest BCUT2D eigenvalue weighted by Gasteiger charge is 2.25. The molecule has 3 aromatic carbocycles. The summed E-state index contributed by atoms with van der Waals surface area (Å²) in [7, 11) is 0. The van der Waals surface area contributed by atoms with Gasteiger partial charge in [-0.25, -0.2) is 0 Å². The third-order valence-corrected chi connectivity index (χ3v) is 4.91. The lowest BCUT2D eigenvalue weighted by atomic mass is 9.96. The molecule has 28 heavy (non-hydrogen) atoms. The monoisotopic (exact) mass is 371 g/mol. The molecule has 1 aromatic heterocycles. The highest BCUT2D eigenvalue weighted by molar-refractivity contribution is 6.04. The Labute approximate surface area is 163 Å². The van der Waals surface area contributed by atoms with Gasteiger partial charge in [-0.3, -0.25) is 4.79 Å². The van der Waals surface area contributed by atoms with Crippen LogP contribution in [0.5, 0.6) is 0 Å². The highest BCUT2D eigenvalue weighted by Crippen LogP contribution is 2.26. The maximum absolute atomic E-state index is 13.1. The van der Waals surface area contributed by atoms with Gasteiger partial charge in [-0.2, -0.15) is 5.21 Å². The first-order valence-corrected chi connectivity index (χ1v) is 9.34. The van der Waals surface area contributed by atoms with Crippen molar-refractivity contribution in [1.82, 2.24) is 20.6 Å². The molecule has 1 atom stereocenters. The van der Waals surface area contributed by atoms with Gasteiger partial charge in [-0.1, -0.05) is 72.8 Å². The summed E-state index contributed by atoms with van der Waals surface area (Å²) >= 11 is 0. The average Bonchev–Trinajstić information content (AvgIpc) is 3.27. The van der Waals surface area contributed by atoms with E-state index in [2.05, 4.69) is 57.1 Å². The maximum Gasteiger partial charge on any atom is 0.235 e. The Hall–Kier alpha value is -3.54. The van der Waals surface area contributed by atoms with E-state index in [4.69, 9.17) is 0 Å². The van der Waals surface area contributed by atoms with Gasteiger partial charge >= 0.3 is 0 Å². The molecule has 1 heterocycles. The fraction of sp³-hybridized carbons (Fsp3) is 0.182. The number of nitrogens with zero attached hydrogens (tertiary/aromatic N) is 3. The van der Waals surface area contributed by atoms with E-state index in [0.717, 1.165) is 28.4 Å². The van der Waals surface area contributed by atoms with E-state index in [0.29, 0.717) is 12.2 Å². The van der Waals surface area contributed by atoms with Gasteiger partial charge in [0.2, 0.25) is 5.91 Å². The van der Waals surface area contributed by atoms with Crippen molar-refractivity contribution in [2.75, 3.05) is 5.32 Å². The fourth-order valence-corrected chi connectivity index (χ4v) is 3.32. The predicted octanol–water partition coefficient (Wildman–Crippen LogP) is 3.88. The van der Waals surface area contributed by atoms with Crippen molar-refractivity contribution in [1.29, 1.82) is 0 Å². The predicted molar refractivity (Wildman–Crippen MR) is 109 cm³/mol. The molecular weight excluding hydrogens is 350 g/mol. The molecular formula is C22H21N5O. The second-order valence-corrected chi connectivity index (χ2v) is 6.71. The van der Waals surface area contributed by atoms with Gasteiger partial charge in [-0.15, -0.1) is 10.2 Å². The van der Waals surface area contributed by atoms with Crippen LogP contribution in [0.1, 0.15) is 29.8 Å². The number of H-pyrrole nitrogens is 1. The smallest absolute Gasteiger partial charge is 0.235 e. The summed E-state index contributed by atoms with van der Waals surface area (Å²) in [5.41, 5.74) is 3.10. The fourth-order valence-electron chi connectivity index (χ4n) is 3.32. The van der Waals surface area contributed by atoms with Crippen LogP contribution in [-0.2, 0) is 17.6 Å². The van der Waals surface area contributed by atoms with Crippen LogP contribution in [0.4, 0.5) is 5.69 Å². The molecule has 2 N–H and O–H groups in total. The van der Waals surface area contributed by atoms with Gasteiger partial charge in [0.05, 0.1) is 0 Å². The zero-order valence-corrected chi connectivity index (χ0v) is 15.6. The zero-order valence-electron chi connectivity index (χ0n) is 15.6. The van der Waals surface area contributed by atoms with Crippen LogP contribution in [0.15, 0.2) is 66.7 Å². The second-order valence-electron chi connectivity index (χ2n) is 6.71. The van der Waals surface area contributed by atoms with Gasteiger partial charge in [0.25, 0.3) is 0 Å². The number of amides is 1. The molecule has 0 radical (unpaired) electrons. The van der Waals surface area contributed by atoms with Gasteiger partial charge in [0.15, 0.2) is 5.82 Å². The Balaban J connectivity index is 1.61. The number of tetrazole rings is 1. The standard InChI is InChI=1S/C22H21N5O/c1-2-15-10-12-16(13-11-15)14-19(21-24-26-27-25-21)22(28)23-20-9-5-7-17-6-3-4-8-18(17)20/h3-13,19H,2,14H2,1H3,(H,23,28)(H,24,25,26,27)/t19-/m1/s1. The zero-order chi connectivity index (χ0) is 19.3. The van der Waals surface area contributed by atoms with E-state index in [1.807, 2.05) is 42.5 Å². The summed E-state index contributed by atoms with van der Waals surface area (Å²) in [5, 5.41) is 19.3. The largest absolute Gasteiger partial charge is 0.325 e. The number of benzene rings is 3. The second kappa shape index (κ2) is 8.00. The summed E-state index contributed by atoms with van der Waals surface area (Å²) in [5.74, 6) is -0.306. The average molecular weight is 371 g/mol. The number of rotatable bonds is 6. The lowest BCUT2D eigenvalue weighted by Gasteiger charge is -2.15. The molecule has 0 saturated heterocycles. The van der Waals surface area contributed by atoms with Gasteiger partial charge in [0.1, 0.15) is 5.92 Å². The topological polar surface area (TPSA) is 83.6 Å². The van der Waals surface area contributed by atoms with Crippen LogP contribution in [0, 0.1) is 0 Å². The third kappa shape index (κ3) is 3.76. The minimum atomic E-state index is -0.537. The Kier molecular flexibility index (Phi) is 5.10. The van der Waals surface area contributed by atoms with E-state index in [1.54, 1.807) is 0 Å². The Morgan fingerprint density at radius 1 is 1.00 bits per heavy atom. The van der Waals surface area contributed by atoms with E-state index >= 15 is 0 Å². The molecule has 4 aromatic rings. The maximum atomic E-state index is 13.1. The Morgan fingerprint density at radius 3 is 2.50 bits per heavy atom. The summed E-state index contributed by atoms with van der Waals surface area (Å²) < 4.78 is 0. The highest BCUT2D eigenvalue weighted by atomic mass is 16.1. The first kappa shape index (κ1) is 17.9. The first-order chi connectivity index (χ1) is 13.7. The summed E-state index contributed by atoms with van der Waals surface area (Å²) in [6.45, 7) is 2.12. The number of nitrogens with one attached hydrogen (secondary N) is 2. The normalized spacial score (nSPS) is 12.0. The van der Waals surface area contributed by atoms with Crippen molar-refractivity contribution >= 4 is 22.4 Å². The number of anilines is 1. The van der Waals surface area contributed by atoms with E-state index in [1.165, 1.54) is 5.56 Å². The molecule has 0 spiro atoms. The lowest BCUT2D eigenvalue weighted by molar-refractivity contribution is -0.117. The van der Waals surface area contributed by atoms with Crippen LogP contribution in [0.25, 0.3) is 10.8 Å². The molecule has 0 saturated carbocycles. The molecule has 0 bridgehead atoms. The van der Waals surface area contributed by atoms with E-state index < -0.39 is 5.92 Å². The lowest BCUT2D eigenvalue weighted by Crippen LogP contribution is -2.24. The number of aromatic nitrogens is 4. The molecule has 6 heteroatoms. The van der Waals surface area contributed by atoms with Gasteiger partial charge in [0, 0.05) is 11.1 Å². The first-order valence-electron chi connectivity index (χ1n) is 9.34. The number of carbonyl (C=O) groups is 1. The van der Waals surface area contributed by atoms with Crippen LogP contribution in [0.3, 0.4) is 0 Å². The molecule has 0 aliphatic rings. The van der Waals surface area contributed by atoms with E-state index in [-0.39, 0.29) is 5.91 Å². The molecule has 0 unspecified atom stereocenters. The van der Waals surface area contributed by atoms with Crippen molar-refractivity contribution in [2.24, 2.45) is 0 Å².